The zero-order valence-electron chi connectivity index (χ0n) is 30.6. The molecular weight excluding hydrogens is 647 g/mol. The predicted octanol–water partition coefficient (Wildman–Crippen LogP) is 11.1. The molecule has 8 nitrogen and oxygen atoms in total. The van der Waals surface area contributed by atoms with Gasteiger partial charge in [-0.15, -0.1) is 0 Å². The monoisotopic (exact) mass is 701 g/mol. The van der Waals surface area contributed by atoms with E-state index in [1.165, 1.54) is 89.5 Å². The maximum atomic E-state index is 13.7. The Morgan fingerprint density at radius 3 is 2.06 bits per heavy atom. The number of fused-ring (bicyclic) bond motifs is 1. The molecule has 0 atom stereocenters. The molecule has 0 aliphatic heterocycles. The number of pyridine rings is 1. The van der Waals surface area contributed by atoms with Gasteiger partial charge in [-0.2, -0.15) is 0 Å². The molecule has 4 aromatic rings. The summed E-state index contributed by atoms with van der Waals surface area (Å²) < 4.78 is 11.6. The number of thioether (sulfide) groups is 1. The van der Waals surface area contributed by atoms with Gasteiger partial charge in [-0.3, -0.25) is 4.98 Å². The maximum absolute atomic E-state index is 13.7. The highest BCUT2D eigenvalue weighted by Crippen LogP contribution is 2.42. The van der Waals surface area contributed by atoms with Gasteiger partial charge in [0.05, 0.1) is 46.8 Å². The number of aromatic carboxylic acids is 1. The second-order valence-corrected chi connectivity index (χ2v) is 14.3. The molecule has 0 radical (unpaired) electrons. The molecule has 0 saturated heterocycles. The van der Waals surface area contributed by atoms with E-state index in [1.807, 2.05) is 56.3 Å². The second kappa shape index (κ2) is 20.1. The van der Waals surface area contributed by atoms with Crippen molar-refractivity contribution in [3.05, 3.63) is 70.5 Å². The molecule has 0 unspecified atom stereocenters. The number of hydrogen-bond acceptors (Lipinski definition) is 7. The first kappa shape index (κ1) is 38.9. The summed E-state index contributed by atoms with van der Waals surface area (Å²) in [7, 11) is 1.31. The number of esters is 1. The SMILES string of the molecule is CCCCCCCCCCCCCCCc1cccc(OC(C)C)c1-c1c(C(=O)O)c(C)nc(CSc2nc3ccccc3[nH]2)c1C(=O)OC. The molecule has 0 fully saturated rings. The minimum absolute atomic E-state index is 0.0192. The molecule has 0 amide bonds. The third-order valence-corrected chi connectivity index (χ3v) is 9.93. The molecule has 4 rings (SSSR count). The Morgan fingerprint density at radius 1 is 0.820 bits per heavy atom. The Kier molecular flexibility index (Phi) is 15.7. The number of methoxy groups -OCH3 is 1. The molecule has 0 saturated carbocycles. The number of unbranched alkanes of at least 4 members (excludes halogenated alkanes) is 12. The molecule has 270 valence electrons. The predicted molar refractivity (Wildman–Crippen MR) is 204 cm³/mol. The molecule has 0 aliphatic carbocycles. The highest BCUT2D eigenvalue weighted by molar-refractivity contribution is 7.98. The Bertz CT molecular complexity index is 1670. The molecule has 50 heavy (non-hydrogen) atoms. The van der Waals surface area contributed by atoms with Gasteiger partial charge in [0.15, 0.2) is 5.16 Å². The summed E-state index contributed by atoms with van der Waals surface area (Å²) in [5.41, 5.74) is 4.51. The number of nitrogens with zero attached hydrogens (tertiary/aromatic N) is 2. The Balaban J connectivity index is 1.59. The number of para-hydroxylation sites is 2. The van der Waals surface area contributed by atoms with E-state index < -0.39 is 11.9 Å². The van der Waals surface area contributed by atoms with E-state index in [0.29, 0.717) is 33.4 Å². The average molecular weight is 702 g/mol. The fourth-order valence-electron chi connectivity index (χ4n) is 6.59. The van der Waals surface area contributed by atoms with Crippen molar-refractivity contribution in [1.29, 1.82) is 0 Å². The number of nitrogens with one attached hydrogen (secondary N) is 1. The number of carbonyl (C=O) groups is 2. The first-order valence-corrected chi connectivity index (χ1v) is 19.4. The number of carboxylic acid groups (broad SMARTS) is 1. The fourth-order valence-corrected chi connectivity index (χ4v) is 7.42. The molecule has 0 spiro atoms. The molecule has 0 bridgehead atoms. The number of aromatic nitrogens is 3. The van der Waals surface area contributed by atoms with Gasteiger partial charge < -0.3 is 19.6 Å². The van der Waals surface area contributed by atoms with Crippen molar-refractivity contribution in [3.63, 3.8) is 0 Å². The van der Waals surface area contributed by atoms with E-state index in [4.69, 9.17) is 14.5 Å². The largest absolute Gasteiger partial charge is 0.490 e. The first-order chi connectivity index (χ1) is 24.2. The quantitative estimate of drug-likeness (QED) is 0.0473. The van der Waals surface area contributed by atoms with Crippen LogP contribution in [-0.4, -0.2) is 45.2 Å². The van der Waals surface area contributed by atoms with Crippen molar-refractivity contribution in [3.8, 4) is 16.9 Å². The lowest BCUT2D eigenvalue weighted by atomic mass is 9.87. The molecule has 9 heteroatoms. The van der Waals surface area contributed by atoms with Crippen molar-refractivity contribution in [1.82, 2.24) is 15.0 Å². The van der Waals surface area contributed by atoms with Crippen LogP contribution in [0.4, 0.5) is 0 Å². The highest BCUT2D eigenvalue weighted by atomic mass is 32.2. The van der Waals surface area contributed by atoms with Gasteiger partial charge in [0, 0.05) is 16.9 Å². The van der Waals surface area contributed by atoms with Gasteiger partial charge in [-0.1, -0.05) is 120 Å². The minimum Gasteiger partial charge on any atom is -0.490 e. The van der Waals surface area contributed by atoms with Crippen molar-refractivity contribution in [2.45, 2.75) is 135 Å². The Morgan fingerprint density at radius 2 is 1.46 bits per heavy atom. The molecule has 2 aromatic carbocycles. The van der Waals surface area contributed by atoms with E-state index in [2.05, 4.69) is 16.9 Å². The zero-order chi connectivity index (χ0) is 35.9. The van der Waals surface area contributed by atoms with Crippen LogP contribution in [0.2, 0.25) is 0 Å². The number of imidazole rings is 1. The second-order valence-electron chi connectivity index (χ2n) is 13.4. The van der Waals surface area contributed by atoms with Gasteiger partial charge >= 0.3 is 11.9 Å². The Labute approximate surface area is 302 Å². The van der Waals surface area contributed by atoms with Crippen LogP contribution in [0.1, 0.15) is 142 Å². The van der Waals surface area contributed by atoms with Crippen molar-refractivity contribution >= 4 is 34.7 Å². The molecule has 2 N–H and O–H groups in total. The van der Waals surface area contributed by atoms with Crippen LogP contribution >= 0.6 is 11.8 Å². The van der Waals surface area contributed by atoms with Crippen molar-refractivity contribution in [2.24, 2.45) is 0 Å². The highest BCUT2D eigenvalue weighted by Gasteiger charge is 2.31. The smallest absolute Gasteiger partial charge is 0.340 e. The number of benzene rings is 2. The summed E-state index contributed by atoms with van der Waals surface area (Å²) in [5.74, 6) is -0.972. The van der Waals surface area contributed by atoms with Crippen molar-refractivity contribution in [2.75, 3.05) is 7.11 Å². The minimum atomic E-state index is -1.15. The molecule has 0 aliphatic rings. The summed E-state index contributed by atoms with van der Waals surface area (Å²) in [6.45, 7) is 7.82. The molecule has 2 heterocycles. The average Bonchev–Trinajstić information content (AvgIpc) is 3.51. The van der Waals surface area contributed by atoms with E-state index in [-0.39, 0.29) is 23.0 Å². The summed E-state index contributed by atoms with van der Waals surface area (Å²) in [5, 5.41) is 11.3. The van der Waals surface area contributed by atoms with Crippen LogP contribution in [0, 0.1) is 6.92 Å². The lowest BCUT2D eigenvalue weighted by molar-refractivity contribution is 0.0600. The van der Waals surface area contributed by atoms with Gasteiger partial charge in [0.25, 0.3) is 0 Å². The normalized spacial score (nSPS) is 11.4. The van der Waals surface area contributed by atoms with Crippen LogP contribution < -0.4 is 4.74 Å². The molecular formula is C41H55N3O5S. The Hall–Kier alpha value is -3.85. The van der Waals surface area contributed by atoms with Gasteiger partial charge in [0.1, 0.15) is 5.75 Å². The van der Waals surface area contributed by atoms with E-state index in [0.717, 1.165) is 35.9 Å². The van der Waals surface area contributed by atoms with E-state index in [1.54, 1.807) is 6.92 Å². The van der Waals surface area contributed by atoms with Crippen LogP contribution in [0.3, 0.4) is 0 Å². The maximum Gasteiger partial charge on any atom is 0.340 e. The summed E-state index contributed by atoms with van der Waals surface area (Å²) in [4.78, 5) is 39.3. The third-order valence-electron chi connectivity index (χ3n) is 9.04. The number of aryl methyl sites for hydroxylation is 2. The number of carbonyl (C=O) groups excluding carboxylic acids is 1. The number of aromatic amines is 1. The van der Waals surface area contributed by atoms with Gasteiger partial charge in [-0.25, -0.2) is 14.6 Å². The number of carboxylic acids is 1. The summed E-state index contributed by atoms with van der Waals surface area (Å²) in [6.07, 6.45) is 17.0. The van der Waals surface area contributed by atoms with Crippen LogP contribution in [0.15, 0.2) is 47.6 Å². The van der Waals surface area contributed by atoms with Crippen LogP contribution in [-0.2, 0) is 16.9 Å². The zero-order valence-corrected chi connectivity index (χ0v) is 31.4. The lowest BCUT2D eigenvalue weighted by Gasteiger charge is -2.23. The number of rotatable bonds is 22. The number of H-pyrrole nitrogens is 1. The van der Waals surface area contributed by atoms with E-state index >= 15 is 0 Å². The third kappa shape index (κ3) is 10.8. The van der Waals surface area contributed by atoms with Gasteiger partial charge in [0.2, 0.25) is 0 Å². The standard InChI is InChI=1S/C41H55N3O5S/c1-6-7-8-9-10-11-12-13-14-15-16-17-18-22-30-23-21-26-34(49-28(2)3)36(30)38-35(39(45)46)29(4)42-33(37(38)40(47)48-5)27-50-41-43-31-24-19-20-25-32(31)44-41/h19-21,23-26,28H,6-18,22,27H2,1-5H3,(H,43,44)(H,45,46). The summed E-state index contributed by atoms with van der Waals surface area (Å²) in [6, 6.07) is 13.6. The first-order valence-electron chi connectivity index (χ1n) is 18.5. The van der Waals surface area contributed by atoms with Crippen LogP contribution in [0.25, 0.3) is 22.2 Å². The lowest BCUT2D eigenvalue weighted by Crippen LogP contribution is -2.18. The topological polar surface area (TPSA) is 114 Å². The summed E-state index contributed by atoms with van der Waals surface area (Å²) >= 11 is 1.40. The van der Waals surface area contributed by atoms with Gasteiger partial charge in [-0.05, 0) is 57.4 Å². The number of ether oxygens (including phenoxy) is 2. The van der Waals surface area contributed by atoms with Crippen molar-refractivity contribution < 1.29 is 24.2 Å². The van der Waals surface area contributed by atoms with E-state index in [9.17, 15) is 14.7 Å². The fraction of sp³-hybridized carbons (Fsp3) is 0.512. The van der Waals surface area contributed by atoms with Crippen LogP contribution in [0.5, 0.6) is 5.75 Å². The number of hydrogen-bond donors (Lipinski definition) is 2. The molecule has 2 aromatic heterocycles.